The number of nitrogens with zero attached hydrogens (tertiary/aromatic N) is 5. The molecule has 0 saturated carbocycles. The third-order valence-corrected chi connectivity index (χ3v) is 10.7. The van der Waals surface area contributed by atoms with E-state index in [0.717, 1.165) is 28.8 Å². The second kappa shape index (κ2) is 11.9. The summed E-state index contributed by atoms with van der Waals surface area (Å²) in [6, 6.07) is 28.4. The fourth-order valence-electron chi connectivity index (χ4n) is 7.22. The van der Waals surface area contributed by atoms with Crippen LogP contribution in [0.2, 0.25) is 0 Å². The first-order chi connectivity index (χ1) is 23.1. The Hall–Kier alpha value is -5.60. The molecule has 1 aliphatic heterocycles. The second-order valence-corrected chi connectivity index (χ2v) is 13.0. The van der Waals surface area contributed by atoms with Crippen LogP contribution in [0.1, 0.15) is 61.2 Å². The van der Waals surface area contributed by atoms with Crippen molar-refractivity contribution in [3.05, 3.63) is 140 Å². The molecule has 0 amide bonds. The van der Waals surface area contributed by atoms with Crippen LogP contribution in [0.25, 0.3) is 34.2 Å². The topological polar surface area (TPSA) is 65.7 Å². The van der Waals surface area contributed by atoms with Gasteiger partial charge in [-0.05, 0) is 129 Å². The van der Waals surface area contributed by atoms with Crippen LogP contribution in [0.3, 0.4) is 0 Å². The highest BCUT2D eigenvalue weighted by Gasteiger charge is 2.34. The third kappa shape index (κ3) is 4.88. The monoisotopic (exact) mass is 625 g/mol. The van der Waals surface area contributed by atoms with Crippen molar-refractivity contribution in [3.63, 3.8) is 0 Å². The summed E-state index contributed by atoms with van der Waals surface area (Å²) in [5.74, 6) is 1.70. The smallest absolute Gasteiger partial charge is 0.166 e. The summed E-state index contributed by atoms with van der Waals surface area (Å²) in [5.41, 5.74) is 19.6. The van der Waals surface area contributed by atoms with Gasteiger partial charge in [-0.25, -0.2) is 15.0 Å². The molecule has 6 aromatic rings. The second-order valence-electron chi connectivity index (χ2n) is 13.0. The minimum atomic E-state index is 0.528. The molecule has 0 atom stereocenters. The molecule has 48 heavy (non-hydrogen) atoms. The molecule has 0 aliphatic carbocycles. The molecule has 0 unspecified atom stereocenters. The summed E-state index contributed by atoms with van der Waals surface area (Å²) in [4.78, 5) is 17.7. The normalized spacial score (nSPS) is 12.0. The fraction of sp³-hybridized carbons (Fsp3) is 0.209. The van der Waals surface area contributed by atoms with E-state index in [4.69, 9.17) is 15.0 Å². The van der Waals surface area contributed by atoms with Crippen LogP contribution < -0.4 is 4.90 Å². The number of aromatic nitrogens is 3. The summed E-state index contributed by atoms with van der Waals surface area (Å²) in [6.45, 7) is 18.0. The molecule has 0 bridgehead atoms. The van der Waals surface area contributed by atoms with Gasteiger partial charge in [-0.1, -0.05) is 60.7 Å². The Morgan fingerprint density at radius 3 is 1.42 bits per heavy atom. The minimum absolute atomic E-state index is 0.528. The lowest BCUT2D eigenvalue weighted by molar-refractivity contribution is 0.994. The maximum atomic E-state index is 10.2. The Labute approximate surface area is 283 Å². The molecule has 0 N–H and O–H groups in total. The van der Waals surface area contributed by atoms with Gasteiger partial charge in [0.05, 0.1) is 28.7 Å². The Morgan fingerprint density at radius 1 is 0.521 bits per heavy atom. The van der Waals surface area contributed by atoms with Gasteiger partial charge in [-0.15, -0.1) is 0 Å². The highest BCUT2D eigenvalue weighted by Crippen LogP contribution is 2.53. The average molecular weight is 626 g/mol. The van der Waals surface area contributed by atoms with Crippen molar-refractivity contribution >= 4 is 17.1 Å². The Kier molecular flexibility index (Phi) is 7.68. The predicted octanol–water partition coefficient (Wildman–Crippen LogP) is 10.6. The summed E-state index contributed by atoms with van der Waals surface area (Å²) in [6.07, 6.45) is 0.871. The fourth-order valence-corrected chi connectivity index (χ4v) is 7.22. The summed E-state index contributed by atoms with van der Waals surface area (Å²) in [5, 5.41) is 10.2. The van der Waals surface area contributed by atoms with Crippen LogP contribution >= 0.6 is 0 Å². The van der Waals surface area contributed by atoms with E-state index in [1.54, 1.807) is 0 Å². The molecule has 1 aromatic heterocycles. The highest BCUT2D eigenvalue weighted by molar-refractivity contribution is 5.95. The molecule has 5 aromatic carbocycles. The van der Waals surface area contributed by atoms with E-state index in [2.05, 4.69) is 72.4 Å². The van der Waals surface area contributed by atoms with Gasteiger partial charge >= 0.3 is 0 Å². The Balaban J connectivity index is 1.60. The van der Waals surface area contributed by atoms with E-state index in [1.165, 1.54) is 67.0 Å². The number of fused-ring (bicyclic) bond motifs is 2. The van der Waals surface area contributed by atoms with Crippen LogP contribution in [0.4, 0.5) is 17.1 Å². The average Bonchev–Trinajstić information content (AvgIpc) is 3.13. The molecule has 0 radical (unpaired) electrons. The van der Waals surface area contributed by atoms with Gasteiger partial charge in [0.2, 0.25) is 0 Å². The molecule has 7 rings (SSSR count). The lowest BCUT2D eigenvalue weighted by Gasteiger charge is -2.40. The van der Waals surface area contributed by atoms with E-state index in [1.807, 2.05) is 72.8 Å². The number of anilines is 3. The zero-order chi connectivity index (χ0) is 33.9. The largest absolute Gasteiger partial charge is 0.309 e. The van der Waals surface area contributed by atoms with Crippen LogP contribution in [-0.2, 0) is 6.42 Å². The quantitative estimate of drug-likeness (QED) is 0.195. The molecule has 1 aliphatic rings. The van der Waals surface area contributed by atoms with Gasteiger partial charge in [-0.2, -0.15) is 5.26 Å². The van der Waals surface area contributed by atoms with Gasteiger partial charge in [0, 0.05) is 23.1 Å². The standard InChI is InChI=1S/C43H39N5/c1-24-26(3)30(7)39-35(28(24)5)22-36-29(6)25(2)27(4)31(8)40(36)48(39)38-20-19-32(23-44)21-37(38)43-46-41(33-15-11-9-12-16-33)45-42(47-43)34-17-13-10-14-18-34/h9-21H,22H2,1-8H3. The molecule has 0 fully saturated rings. The molecule has 5 nitrogen and oxygen atoms in total. The lowest BCUT2D eigenvalue weighted by Crippen LogP contribution is -2.25. The first-order valence-corrected chi connectivity index (χ1v) is 16.5. The van der Waals surface area contributed by atoms with Gasteiger partial charge < -0.3 is 4.90 Å². The minimum Gasteiger partial charge on any atom is -0.309 e. The molecule has 5 heteroatoms. The van der Waals surface area contributed by atoms with Gasteiger partial charge in [-0.3, -0.25) is 0 Å². The van der Waals surface area contributed by atoms with Crippen molar-refractivity contribution < 1.29 is 0 Å². The SMILES string of the molecule is Cc1c(C)c(C)c2c(c1C)Cc1c(C)c(C)c(C)c(C)c1N2c1ccc(C#N)cc1-c1nc(-c2ccccc2)nc(-c2ccccc2)n1. The van der Waals surface area contributed by atoms with E-state index in [9.17, 15) is 5.26 Å². The molecular formula is C43H39N5. The number of nitriles is 1. The predicted molar refractivity (Wildman–Crippen MR) is 196 cm³/mol. The van der Waals surface area contributed by atoms with Crippen LogP contribution in [0.5, 0.6) is 0 Å². The summed E-state index contributed by atoms with van der Waals surface area (Å²) < 4.78 is 0. The Morgan fingerprint density at radius 2 is 0.958 bits per heavy atom. The van der Waals surface area contributed by atoms with Crippen molar-refractivity contribution in [3.8, 4) is 40.2 Å². The van der Waals surface area contributed by atoms with E-state index >= 15 is 0 Å². The van der Waals surface area contributed by atoms with E-state index < -0.39 is 0 Å². The van der Waals surface area contributed by atoms with Crippen molar-refractivity contribution in [1.82, 2.24) is 15.0 Å². The maximum absolute atomic E-state index is 10.2. The molecule has 236 valence electrons. The number of hydrogen-bond donors (Lipinski definition) is 0. The Bertz CT molecular complexity index is 2170. The number of benzene rings is 5. The summed E-state index contributed by atoms with van der Waals surface area (Å²) >= 11 is 0. The van der Waals surface area contributed by atoms with Crippen LogP contribution in [0.15, 0.2) is 78.9 Å². The molecule has 0 spiro atoms. The maximum Gasteiger partial charge on any atom is 0.166 e. The van der Waals surface area contributed by atoms with Crippen LogP contribution in [0, 0.1) is 66.7 Å². The first kappa shape index (κ1) is 31.0. The van der Waals surface area contributed by atoms with Crippen molar-refractivity contribution in [1.29, 1.82) is 5.26 Å². The van der Waals surface area contributed by atoms with Gasteiger partial charge in [0.1, 0.15) is 0 Å². The first-order valence-electron chi connectivity index (χ1n) is 16.5. The zero-order valence-electron chi connectivity index (χ0n) is 28.9. The molecule has 2 heterocycles. The molecule has 0 saturated heterocycles. The third-order valence-electron chi connectivity index (χ3n) is 10.7. The summed E-state index contributed by atoms with van der Waals surface area (Å²) in [7, 11) is 0. The highest BCUT2D eigenvalue weighted by atomic mass is 15.2. The van der Waals surface area contributed by atoms with Gasteiger partial charge in [0.15, 0.2) is 17.5 Å². The van der Waals surface area contributed by atoms with Crippen LogP contribution in [-0.4, -0.2) is 15.0 Å². The lowest BCUT2D eigenvalue weighted by atomic mass is 9.80. The van der Waals surface area contributed by atoms with Gasteiger partial charge in [0.25, 0.3) is 0 Å². The zero-order valence-corrected chi connectivity index (χ0v) is 28.9. The number of rotatable bonds is 4. The van der Waals surface area contributed by atoms with E-state index in [-0.39, 0.29) is 0 Å². The van der Waals surface area contributed by atoms with Crippen molar-refractivity contribution in [2.45, 2.75) is 61.8 Å². The van der Waals surface area contributed by atoms with Crippen molar-refractivity contribution in [2.75, 3.05) is 4.90 Å². The molecular weight excluding hydrogens is 587 g/mol. The number of hydrogen-bond acceptors (Lipinski definition) is 5. The van der Waals surface area contributed by atoms with Crippen molar-refractivity contribution in [2.24, 2.45) is 0 Å². The van der Waals surface area contributed by atoms with E-state index in [0.29, 0.717) is 23.0 Å².